The Morgan fingerprint density at radius 2 is 1.88 bits per heavy atom. The summed E-state index contributed by atoms with van der Waals surface area (Å²) in [5.74, 6) is -0.302. The van der Waals surface area contributed by atoms with E-state index in [1.807, 2.05) is 24.3 Å². The van der Waals surface area contributed by atoms with E-state index in [0.717, 1.165) is 23.0 Å². The molecule has 3 rings (SSSR count). The zero-order chi connectivity index (χ0) is 17.6. The van der Waals surface area contributed by atoms with Gasteiger partial charge < -0.3 is 10.3 Å². The number of imidazole rings is 1. The Morgan fingerprint density at radius 1 is 1.12 bits per heavy atom. The fourth-order valence-corrected chi connectivity index (χ4v) is 2.83. The van der Waals surface area contributed by atoms with Gasteiger partial charge in [-0.15, -0.1) is 0 Å². The molecule has 0 saturated carbocycles. The molecule has 0 spiro atoms. The van der Waals surface area contributed by atoms with Gasteiger partial charge in [-0.05, 0) is 42.7 Å². The van der Waals surface area contributed by atoms with Gasteiger partial charge >= 0.3 is 5.69 Å². The number of halogens is 1. The van der Waals surface area contributed by atoms with Crippen molar-refractivity contribution in [3.8, 4) is 0 Å². The van der Waals surface area contributed by atoms with Crippen molar-refractivity contribution in [1.29, 1.82) is 0 Å². The lowest BCUT2D eigenvalue weighted by atomic mass is 10.1. The molecule has 0 unspecified atom stereocenters. The maximum Gasteiger partial charge on any atom is 0.326 e. The first-order valence-electron chi connectivity index (χ1n) is 8.32. The molecule has 0 aliphatic carbocycles. The fraction of sp³-hybridized carbons (Fsp3) is 0.263. The van der Waals surface area contributed by atoms with Crippen LogP contribution in [0.3, 0.4) is 0 Å². The quantitative estimate of drug-likeness (QED) is 0.694. The number of benzene rings is 2. The lowest BCUT2D eigenvalue weighted by molar-refractivity contribution is -0.121. The number of para-hydroxylation sites is 2. The normalized spacial score (nSPS) is 10.9. The smallest absolute Gasteiger partial charge is 0.326 e. The second-order valence-corrected chi connectivity index (χ2v) is 5.93. The van der Waals surface area contributed by atoms with Crippen molar-refractivity contribution >= 4 is 16.9 Å². The summed E-state index contributed by atoms with van der Waals surface area (Å²) in [6, 6.07) is 13.8. The number of nitrogens with zero attached hydrogens (tertiary/aromatic N) is 1. The predicted molar refractivity (Wildman–Crippen MR) is 94.9 cm³/mol. The zero-order valence-corrected chi connectivity index (χ0v) is 13.8. The van der Waals surface area contributed by atoms with E-state index in [4.69, 9.17) is 0 Å². The summed E-state index contributed by atoms with van der Waals surface area (Å²) in [5.41, 5.74) is 2.46. The lowest BCUT2D eigenvalue weighted by Crippen LogP contribution is -2.29. The fourth-order valence-electron chi connectivity index (χ4n) is 2.83. The van der Waals surface area contributed by atoms with Crippen LogP contribution in [-0.2, 0) is 17.8 Å². The Labute approximate surface area is 144 Å². The molecule has 2 aromatic carbocycles. The predicted octanol–water partition coefficient (Wildman–Crippen LogP) is 2.61. The van der Waals surface area contributed by atoms with Gasteiger partial charge in [-0.3, -0.25) is 9.36 Å². The highest BCUT2D eigenvalue weighted by atomic mass is 19.1. The van der Waals surface area contributed by atoms with Crippen LogP contribution in [0.5, 0.6) is 0 Å². The Kier molecular flexibility index (Phi) is 5.28. The molecular weight excluding hydrogens is 321 g/mol. The van der Waals surface area contributed by atoms with Crippen LogP contribution in [0.4, 0.5) is 4.39 Å². The van der Waals surface area contributed by atoms with E-state index < -0.39 is 0 Å². The first-order valence-corrected chi connectivity index (χ1v) is 8.32. The van der Waals surface area contributed by atoms with Crippen LogP contribution in [-0.4, -0.2) is 22.0 Å². The summed E-state index contributed by atoms with van der Waals surface area (Å²) in [4.78, 5) is 26.6. The molecule has 130 valence electrons. The Hall–Kier alpha value is -2.89. The van der Waals surface area contributed by atoms with Gasteiger partial charge in [-0.1, -0.05) is 24.3 Å². The number of aromatic nitrogens is 2. The zero-order valence-electron chi connectivity index (χ0n) is 13.8. The van der Waals surface area contributed by atoms with Gasteiger partial charge in [0.05, 0.1) is 11.0 Å². The SMILES string of the molecule is O=C(CCCc1ccc(F)cc1)NCCn1c(=O)[nH]c2ccccc21. The van der Waals surface area contributed by atoms with Crippen molar-refractivity contribution in [2.24, 2.45) is 0 Å². The molecule has 2 N–H and O–H groups in total. The van der Waals surface area contributed by atoms with Gasteiger partial charge in [-0.25, -0.2) is 9.18 Å². The molecule has 0 bridgehead atoms. The number of fused-ring (bicyclic) bond motifs is 1. The minimum atomic E-state index is -0.256. The summed E-state index contributed by atoms with van der Waals surface area (Å²) in [6.45, 7) is 0.823. The highest BCUT2D eigenvalue weighted by Crippen LogP contribution is 2.09. The average Bonchev–Trinajstić information content (AvgIpc) is 2.92. The largest absolute Gasteiger partial charge is 0.354 e. The molecule has 1 aromatic heterocycles. The number of nitrogens with one attached hydrogen (secondary N) is 2. The average molecular weight is 341 g/mol. The van der Waals surface area contributed by atoms with Crippen LogP contribution >= 0.6 is 0 Å². The maximum absolute atomic E-state index is 12.8. The molecule has 6 heteroatoms. The molecule has 1 heterocycles. The van der Waals surface area contributed by atoms with Gasteiger partial charge in [0, 0.05) is 19.5 Å². The van der Waals surface area contributed by atoms with Crippen molar-refractivity contribution in [1.82, 2.24) is 14.9 Å². The van der Waals surface area contributed by atoms with Crippen molar-refractivity contribution in [3.05, 3.63) is 70.4 Å². The molecule has 0 aliphatic rings. The summed E-state index contributed by atoms with van der Waals surface area (Å²) >= 11 is 0. The molecule has 0 fully saturated rings. The van der Waals surface area contributed by atoms with Crippen molar-refractivity contribution in [2.75, 3.05) is 6.54 Å². The van der Waals surface area contributed by atoms with E-state index >= 15 is 0 Å². The van der Waals surface area contributed by atoms with Crippen LogP contribution in [0.1, 0.15) is 18.4 Å². The Morgan fingerprint density at radius 3 is 2.68 bits per heavy atom. The van der Waals surface area contributed by atoms with E-state index in [0.29, 0.717) is 25.9 Å². The first-order chi connectivity index (χ1) is 12.1. The van der Waals surface area contributed by atoms with E-state index in [9.17, 15) is 14.0 Å². The number of amides is 1. The molecule has 1 amide bonds. The number of carbonyl (C=O) groups excluding carboxylic acids is 1. The number of carbonyl (C=O) groups is 1. The van der Waals surface area contributed by atoms with Crippen LogP contribution in [0.2, 0.25) is 0 Å². The lowest BCUT2D eigenvalue weighted by Gasteiger charge is -2.06. The van der Waals surface area contributed by atoms with Crippen LogP contribution in [0, 0.1) is 5.82 Å². The first kappa shape index (κ1) is 17.0. The number of aryl methyl sites for hydroxylation is 1. The highest BCUT2D eigenvalue weighted by Gasteiger charge is 2.06. The van der Waals surface area contributed by atoms with Crippen molar-refractivity contribution in [3.63, 3.8) is 0 Å². The second kappa shape index (κ2) is 7.79. The minimum absolute atomic E-state index is 0.0463. The molecular formula is C19H20FN3O2. The van der Waals surface area contributed by atoms with Crippen molar-refractivity contribution < 1.29 is 9.18 Å². The van der Waals surface area contributed by atoms with E-state index in [-0.39, 0.29) is 17.4 Å². The van der Waals surface area contributed by atoms with Gasteiger partial charge in [0.15, 0.2) is 0 Å². The Bertz CT molecular complexity index is 912. The number of rotatable bonds is 7. The summed E-state index contributed by atoms with van der Waals surface area (Å²) in [5, 5.41) is 2.84. The third kappa shape index (κ3) is 4.35. The van der Waals surface area contributed by atoms with E-state index in [1.165, 1.54) is 12.1 Å². The van der Waals surface area contributed by atoms with Crippen LogP contribution < -0.4 is 11.0 Å². The van der Waals surface area contributed by atoms with E-state index in [1.54, 1.807) is 16.7 Å². The number of hydrogen-bond donors (Lipinski definition) is 2. The van der Waals surface area contributed by atoms with Crippen LogP contribution in [0.25, 0.3) is 11.0 Å². The monoisotopic (exact) mass is 341 g/mol. The topological polar surface area (TPSA) is 66.9 Å². The second-order valence-electron chi connectivity index (χ2n) is 5.93. The van der Waals surface area contributed by atoms with E-state index in [2.05, 4.69) is 10.3 Å². The number of H-pyrrole nitrogens is 1. The molecule has 0 aliphatic heterocycles. The minimum Gasteiger partial charge on any atom is -0.354 e. The molecule has 0 saturated heterocycles. The third-order valence-corrected chi connectivity index (χ3v) is 4.12. The van der Waals surface area contributed by atoms with Gasteiger partial charge in [0.25, 0.3) is 0 Å². The standard InChI is InChI=1S/C19H20FN3O2/c20-15-10-8-14(9-11-15)4-3-7-18(24)21-12-13-23-17-6-2-1-5-16(17)22-19(23)25/h1-2,5-6,8-11H,3-4,7,12-13H2,(H,21,24)(H,22,25). The van der Waals surface area contributed by atoms with Gasteiger partial charge in [-0.2, -0.15) is 0 Å². The van der Waals surface area contributed by atoms with Gasteiger partial charge in [0.1, 0.15) is 5.82 Å². The molecule has 3 aromatic rings. The molecule has 5 nitrogen and oxygen atoms in total. The number of hydrogen-bond acceptors (Lipinski definition) is 2. The third-order valence-electron chi connectivity index (χ3n) is 4.12. The van der Waals surface area contributed by atoms with Crippen molar-refractivity contribution in [2.45, 2.75) is 25.8 Å². The Balaban J connectivity index is 1.44. The molecule has 0 atom stereocenters. The van der Waals surface area contributed by atoms with Gasteiger partial charge in [0.2, 0.25) is 5.91 Å². The summed E-state index contributed by atoms with van der Waals surface area (Å²) in [6.07, 6.45) is 1.83. The highest BCUT2D eigenvalue weighted by molar-refractivity contribution is 5.76. The molecule has 0 radical (unpaired) electrons. The number of aromatic amines is 1. The molecule has 25 heavy (non-hydrogen) atoms. The summed E-state index contributed by atoms with van der Waals surface area (Å²) < 4.78 is 14.4. The van der Waals surface area contributed by atoms with Crippen LogP contribution in [0.15, 0.2) is 53.3 Å². The summed E-state index contributed by atoms with van der Waals surface area (Å²) in [7, 11) is 0. The maximum atomic E-state index is 12.8.